The van der Waals surface area contributed by atoms with E-state index in [0.29, 0.717) is 18.9 Å². The monoisotopic (exact) mass is 373 g/mol. The van der Waals surface area contributed by atoms with E-state index in [1.165, 1.54) is 11.1 Å². The van der Waals surface area contributed by atoms with Crippen molar-refractivity contribution in [2.24, 2.45) is 0 Å². The van der Waals surface area contributed by atoms with E-state index < -0.39 is 0 Å². The molecule has 1 aliphatic rings. The second-order valence-corrected chi connectivity index (χ2v) is 6.87. The van der Waals surface area contributed by atoms with E-state index in [1.807, 2.05) is 71.6 Å². The average Bonchev–Trinajstić information content (AvgIpc) is 2.77. The number of amides is 1. The summed E-state index contributed by atoms with van der Waals surface area (Å²) in [4.78, 5) is 14.3. The second-order valence-electron chi connectivity index (χ2n) is 6.87. The van der Waals surface area contributed by atoms with Crippen molar-refractivity contribution in [3.63, 3.8) is 0 Å². The van der Waals surface area contributed by atoms with E-state index in [-0.39, 0.29) is 12.5 Å². The van der Waals surface area contributed by atoms with Crippen LogP contribution in [-0.4, -0.2) is 24.0 Å². The highest BCUT2D eigenvalue weighted by atomic mass is 16.5. The van der Waals surface area contributed by atoms with Crippen LogP contribution in [0.2, 0.25) is 0 Å². The van der Waals surface area contributed by atoms with Gasteiger partial charge in [0.2, 0.25) is 0 Å². The zero-order chi connectivity index (χ0) is 19.2. The molecular weight excluding hydrogens is 350 g/mol. The summed E-state index contributed by atoms with van der Waals surface area (Å²) in [6.07, 6.45) is 0.898. The minimum atomic E-state index is 0.0129. The van der Waals surface area contributed by atoms with Crippen LogP contribution in [-0.2, 0) is 24.4 Å². The van der Waals surface area contributed by atoms with Crippen molar-refractivity contribution in [3.05, 3.63) is 95.6 Å². The van der Waals surface area contributed by atoms with E-state index in [9.17, 15) is 4.79 Å². The van der Waals surface area contributed by atoms with Crippen molar-refractivity contribution in [1.82, 2.24) is 4.90 Å². The van der Waals surface area contributed by atoms with Gasteiger partial charge in [-0.05, 0) is 47.4 Å². The van der Waals surface area contributed by atoms with Gasteiger partial charge in [0.15, 0.2) is 6.61 Å². The lowest BCUT2D eigenvalue weighted by atomic mass is 10.00. The Balaban J connectivity index is 1.26. The first-order valence-corrected chi connectivity index (χ1v) is 9.52. The van der Waals surface area contributed by atoms with Crippen molar-refractivity contribution >= 4 is 5.91 Å². The highest BCUT2D eigenvalue weighted by molar-refractivity contribution is 5.78. The summed E-state index contributed by atoms with van der Waals surface area (Å²) in [5.74, 6) is 1.45. The van der Waals surface area contributed by atoms with E-state index in [2.05, 4.69) is 12.1 Å². The molecule has 0 saturated heterocycles. The molecule has 0 aliphatic carbocycles. The van der Waals surface area contributed by atoms with Crippen LogP contribution in [0.15, 0.2) is 78.9 Å². The van der Waals surface area contributed by atoms with Gasteiger partial charge in [-0.15, -0.1) is 0 Å². The molecule has 3 aromatic carbocycles. The fraction of sp³-hybridized carbons (Fsp3) is 0.208. The van der Waals surface area contributed by atoms with Gasteiger partial charge in [0.05, 0.1) is 0 Å². The highest BCUT2D eigenvalue weighted by Crippen LogP contribution is 2.20. The molecule has 0 radical (unpaired) electrons. The maximum atomic E-state index is 12.5. The fourth-order valence-corrected chi connectivity index (χ4v) is 3.32. The fourth-order valence-electron chi connectivity index (χ4n) is 3.32. The Morgan fingerprint density at radius 2 is 1.43 bits per heavy atom. The van der Waals surface area contributed by atoms with Crippen LogP contribution in [0.3, 0.4) is 0 Å². The van der Waals surface area contributed by atoms with E-state index in [4.69, 9.17) is 9.47 Å². The molecule has 0 N–H and O–H groups in total. The van der Waals surface area contributed by atoms with Gasteiger partial charge in [-0.1, -0.05) is 54.6 Å². The third kappa shape index (κ3) is 4.52. The molecule has 0 atom stereocenters. The van der Waals surface area contributed by atoms with Gasteiger partial charge in [-0.25, -0.2) is 0 Å². The number of rotatable bonds is 6. The van der Waals surface area contributed by atoms with Gasteiger partial charge in [0, 0.05) is 13.1 Å². The number of hydrogen-bond donors (Lipinski definition) is 0. The summed E-state index contributed by atoms with van der Waals surface area (Å²) in [5.41, 5.74) is 3.68. The van der Waals surface area contributed by atoms with Gasteiger partial charge in [-0.2, -0.15) is 0 Å². The SMILES string of the molecule is O=C(COc1ccc(OCc2ccccc2)cc1)N1CCc2ccccc2C1. The predicted octanol–water partition coefficient (Wildman–Crippen LogP) is 4.23. The van der Waals surface area contributed by atoms with Crippen molar-refractivity contribution in [3.8, 4) is 11.5 Å². The first-order chi connectivity index (χ1) is 13.8. The maximum absolute atomic E-state index is 12.5. The number of carbonyl (C=O) groups is 1. The molecule has 0 aromatic heterocycles. The molecule has 28 heavy (non-hydrogen) atoms. The summed E-state index contributed by atoms with van der Waals surface area (Å²) < 4.78 is 11.5. The van der Waals surface area contributed by atoms with Gasteiger partial charge < -0.3 is 14.4 Å². The van der Waals surface area contributed by atoms with Crippen LogP contribution >= 0.6 is 0 Å². The molecule has 4 heteroatoms. The first kappa shape index (κ1) is 18.1. The summed E-state index contributed by atoms with van der Waals surface area (Å²) >= 11 is 0. The Bertz CT molecular complexity index is 922. The van der Waals surface area contributed by atoms with Crippen LogP contribution in [0.4, 0.5) is 0 Å². The maximum Gasteiger partial charge on any atom is 0.260 e. The van der Waals surface area contributed by atoms with Gasteiger partial charge in [0.25, 0.3) is 5.91 Å². The summed E-state index contributed by atoms with van der Waals surface area (Å²) in [5, 5.41) is 0. The van der Waals surface area contributed by atoms with Crippen molar-refractivity contribution in [2.45, 2.75) is 19.6 Å². The van der Waals surface area contributed by atoms with Gasteiger partial charge in [0.1, 0.15) is 18.1 Å². The number of benzene rings is 3. The van der Waals surface area contributed by atoms with Crippen LogP contribution in [0.5, 0.6) is 11.5 Å². The van der Waals surface area contributed by atoms with Crippen LogP contribution in [0, 0.1) is 0 Å². The normalized spacial score (nSPS) is 12.9. The second kappa shape index (κ2) is 8.61. The van der Waals surface area contributed by atoms with E-state index in [1.54, 1.807) is 0 Å². The Kier molecular flexibility index (Phi) is 5.57. The lowest BCUT2D eigenvalue weighted by molar-refractivity contribution is -0.134. The van der Waals surface area contributed by atoms with Crippen LogP contribution in [0.25, 0.3) is 0 Å². The van der Waals surface area contributed by atoms with Gasteiger partial charge in [-0.3, -0.25) is 4.79 Å². The third-order valence-corrected chi connectivity index (χ3v) is 4.92. The quantitative estimate of drug-likeness (QED) is 0.649. The molecule has 3 aromatic rings. The lowest BCUT2D eigenvalue weighted by Crippen LogP contribution is -2.38. The topological polar surface area (TPSA) is 38.8 Å². The molecule has 0 saturated carbocycles. The molecule has 0 spiro atoms. The van der Waals surface area contributed by atoms with Crippen LogP contribution in [0.1, 0.15) is 16.7 Å². The number of hydrogen-bond acceptors (Lipinski definition) is 3. The van der Waals surface area contributed by atoms with E-state index >= 15 is 0 Å². The first-order valence-electron chi connectivity index (χ1n) is 9.52. The molecule has 4 nitrogen and oxygen atoms in total. The lowest BCUT2D eigenvalue weighted by Gasteiger charge is -2.28. The molecule has 0 bridgehead atoms. The minimum absolute atomic E-state index is 0.0129. The number of nitrogens with zero attached hydrogens (tertiary/aromatic N) is 1. The standard InChI is InChI=1S/C24H23NO3/c26-24(25-15-14-20-8-4-5-9-21(20)16-25)18-28-23-12-10-22(11-13-23)27-17-19-6-2-1-3-7-19/h1-13H,14-18H2. The Labute approximate surface area is 165 Å². The zero-order valence-corrected chi connectivity index (χ0v) is 15.7. The molecule has 0 fully saturated rings. The van der Waals surface area contributed by atoms with Crippen LogP contribution < -0.4 is 9.47 Å². The average molecular weight is 373 g/mol. The number of carbonyl (C=O) groups excluding carboxylic acids is 1. The summed E-state index contributed by atoms with van der Waals surface area (Å²) in [7, 11) is 0. The van der Waals surface area contributed by atoms with E-state index in [0.717, 1.165) is 24.3 Å². The summed E-state index contributed by atoms with van der Waals surface area (Å²) in [6.45, 7) is 1.97. The molecular formula is C24H23NO3. The molecule has 1 amide bonds. The predicted molar refractivity (Wildman–Crippen MR) is 108 cm³/mol. The van der Waals surface area contributed by atoms with Crippen molar-refractivity contribution < 1.29 is 14.3 Å². The molecule has 142 valence electrons. The smallest absolute Gasteiger partial charge is 0.260 e. The highest BCUT2D eigenvalue weighted by Gasteiger charge is 2.20. The number of ether oxygens (including phenoxy) is 2. The molecule has 4 rings (SSSR count). The van der Waals surface area contributed by atoms with Crippen molar-refractivity contribution in [1.29, 1.82) is 0 Å². The zero-order valence-electron chi connectivity index (χ0n) is 15.7. The largest absolute Gasteiger partial charge is 0.489 e. The Hall–Kier alpha value is -3.27. The minimum Gasteiger partial charge on any atom is -0.489 e. The Morgan fingerprint density at radius 3 is 2.18 bits per heavy atom. The van der Waals surface area contributed by atoms with Crippen molar-refractivity contribution in [2.75, 3.05) is 13.2 Å². The molecule has 1 heterocycles. The summed E-state index contributed by atoms with van der Waals surface area (Å²) in [6, 6.07) is 25.7. The third-order valence-electron chi connectivity index (χ3n) is 4.92. The van der Waals surface area contributed by atoms with Gasteiger partial charge >= 0.3 is 0 Å². The molecule has 1 aliphatic heterocycles. The Morgan fingerprint density at radius 1 is 0.786 bits per heavy atom. The molecule has 0 unspecified atom stereocenters. The number of fused-ring (bicyclic) bond motifs is 1.